The predicted molar refractivity (Wildman–Crippen MR) is 67.7 cm³/mol. The summed E-state index contributed by atoms with van der Waals surface area (Å²) in [6, 6.07) is 5.08. The maximum atomic E-state index is 11.6. The quantitative estimate of drug-likeness (QED) is 0.809. The lowest BCUT2D eigenvalue weighted by atomic mass is 10.1. The van der Waals surface area contributed by atoms with Crippen LogP contribution in [-0.4, -0.2) is 26.7 Å². The van der Waals surface area contributed by atoms with Gasteiger partial charge in [-0.25, -0.2) is 13.2 Å². The second-order valence-corrected chi connectivity index (χ2v) is 5.98. The van der Waals surface area contributed by atoms with Crippen LogP contribution in [0.4, 0.5) is 0 Å². The minimum Gasteiger partial charge on any atom is -0.465 e. The molecule has 0 saturated carbocycles. The summed E-state index contributed by atoms with van der Waals surface area (Å²) in [5.74, 6) is -0.486. The number of hydrogen-bond donors (Lipinski definition) is 1. The van der Waals surface area contributed by atoms with E-state index in [2.05, 4.69) is 0 Å². The first kappa shape index (κ1) is 14.7. The Hall–Kier alpha value is -1.40. The molecule has 1 rings (SSSR count). The van der Waals surface area contributed by atoms with E-state index in [9.17, 15) is 13.2 Å². The summed E-state index contributed by atoms with van der Waals surface area (Å²) in [5.41, 5.74) is 6.22. The molecule has 0 bridgehead atoms. The van der Waals surface area contributed by atoms with Crippen molar-refractivity contribution in [2.75, 3.05) is 12.4 Å². The van der Waals surface area contributed by atoms with E-state index in [-0.39, 0.29) is 17.3 Å². The van der Waals surface area contributed by atoms with Crippen LogP contribution in [0.3, 0.4) is 0 Å². The van der Waals surface area contributed by atoms with Crippen molar-refractivity contribution in [1.29, 1.82) is 0 Å². The molecule has 0 radical (unpaired) electrons. The standard InChI is InChI=1S/C12H17NO4S/c1-3-17-12(14)11(13)9-5-7-10(8-6-9)18(15,16)4-2/h5-8,11H,3-4,13H2,1-2H3/t11-/m1/s1. The van der Waals surface area contributed by atoms with Gasteiger partial charge in [0.15, 0.2) is 9.84 Å². The Morgan fingerprint density at radius 1 is 1.28 bits per heavy atom. The molecule has 6 heteroatoms. The average molecular weight is 271 g/mol. The summed E-state index contributed by atoms with van der Waals surface area (Å²) in [7, 11) is -3.23. The van der Waals surface area contributed by atoms with Gasteiger partial charge in [-0.05, 0) is 24.6 Å². The van der Waals surface area contributed by atoms with Gasteiger partial charge in [-0.1, -0.05) is 19.1 Å². The number of sulfone groups is 1. The van der Waals surface area contributed by atoms with Crippen molar-refractivity contribution in [2.45, 2.75) is 24.8 Å². The van der Waals surface area contributed by atoms with Crippen LogP contribution in [0.1, 0.15) is 25.5 Å². The Kier molecular flexibility index (Phi) is 4.86. The van der Waals surface area contributed by atoms with Crippen LogP contribution in [0, 0.1) is 0 Å². The van der Waals surface area contributed by atoms with Crippen molar-refractivity contribution in [1.82, 2.24) is 0 Å². The fourth-order valence-corrected chi connectivity index (χ4v) is 2.30. The summed E-state index contributed by atoms with van der Waals surface area (Å²) in [4.78, 5) is 11.6. The molecule has 0 aromatic heterocycles. The number of carbonyl (C=O) groups excluding carboxylic acids is 1. The minimum absolute atomic E-state index is 0.0380. The molecule has 0 aliphatic heterocycles. The molecule has 0 unspecified atom stereocenters. The first-order valence-electron chi connectivity index (χ1n) is 5.67. The SMILES string of the molecule is CCOC(=O)[C@H](N)c1ccc(S(=O)(=O)CC)cc1. The molecule has 2 N–H and O–H groups in total. The second-order valence-electron chi connectivity index (χ2n) is 3.70. The molecule has 1 aromatic rings. The molecule has 0 saturated heterocycles. The second kappa shape index (κ2) is 5.97. The minimum atomic E-state index is -3.23. The van der Waals surface area contributed by atoms with Gasteiger partial charge in [0, 0.05) is 0 Å². The first-order chi connectivity index (χ1) is 8.42. The molecular weight excluding hydrogens is 254 g/mol. The Morgan fingerprint density at radius 2 is 1.83 bits per heavy atom. The Labute approximate surface area is 107 Å². The average Bonchev–Trinajstić information content (AvgIpc) is 2.38. The highest BCUT2D eigenvalue weighted by Gasteiger charge is 2.18. The van der Waals surface area contributed by atoms with Crippen molar-refractivity contribution < 1.29 is 17.9 Å². The van der Waals surface area contributed by atoms with E-state index < -0.39 is 21.8 Å². The Morgan fingerprint density at radius 3 is 2.28 bits per heavy atom. The summed E-state index contributed by atoms with van der Waals surface area (Å²) in [6.45, 7) is 3.53. The van der Waals surface area contributed by atoms with E-state index in [4.69, 9.17) is 10.5 Å². The summed E-state index contributed by atoms with van der Waals surface area (Å²) >= 11 is 0. The van der Waals surface area contributed by atoms with E-state index in [1.165, 1.54) is 24.3 Å². The lowest BCUT2D eigenvalue weighted by Gasteiger charge is -2.11. The number of benzene rings is 1. The number of carbonyl (C=O) groups is 1. The lowest BCUT2D eigenvalue weighted by molar-refractivity contribution is -0.144. The molecule has 0 aliphatic rings. The normalized spacial score (nSPS) is 13.1. The number of esters is 1. The van der Waals surface area contributed by atoms with Crippen LogP contribution in [0.5, 0.6) is 0 Å². The zero-order chi connectivity index (χ0) is 13.8. The van der Waals surface area contributed by atoms with Crippen LogP contribution in [0.2, 0.25) is 0 Å². The Balaban J connectivity index is 2.93. The monoisotopic (exact) mass is 271 g/mol. The molecule has 5 nitrogen and oxygen atoms in total. The van der Waals surface area contributed by atoms with Gasteiger partial charge in [-0.3, -0.25) is 0 Å². The van der Waals surface area contributed by atoms with E-state index in [1.54, 1.807) is 13.8 Å². The number of hydrogen-bond acceptors (Lipinski definition) is 5. The van der Waals surface area contributed by atoms with Crippen LogP contribution in [0.15, 0.2) is 29.2 Å². The summed E-state index contributed by atoms with van der Waals surface area (Å²) in [6.07, 6.45) is 0. The zero-order valence-corrected chi connectivity index (χ0v) is 11.2. The van der Waals surface area contributed by atoms with E-state index in [1.807, 2.05) is 0 Å². The molecular formula is C12H17NO4S. The third kappa shape index (κ3) is 3.30. The van der Waals surface area contributed by atoms with Crippen molar-refractivity contribution in [2.24, 2.45) is 5.73 Å². The van der Waals surface area contributed by atoms with Crippen molar-refractivity contribution in [3.8, 4) is 0 Å². The summed E-state index contributed by atoms with van der Waals surface area (Å²) < 4.78 is 28.0. The molecule has 0 heterocycles. The molecule has 0 aliphatic carbocycles. The highest BCUT2D eigenvalue weighted by atomic mass is 32.2. The van der Waals surface area contributed by atoms with E-state index in [0.717, 1.165) is 0 Å². The van der Waals surface area contributed by atoms with Gasteiger partial charge in [-0.15, -0.1) is 0 Å². The van der Waals surface area contributed by atoms with Crippen LogP contribution in [-0.2, 0) is 19.4 Å². The van der Waals surface area contributed by atoms with Gasteiger partial charge in [0.1, 0.15) is 6.04 Å². The maximum Gasteiger partial charge on any atom is 0.327 e. The van der Waals surface area contributed by atoms with Crippen LogP contribution >= 0.6 is 0 Å². The van der Waals surface area contributed by atoms with Gasteiger partial charge >= 0.3 is 5.97 Å². The predicted octanol–water partition coefficient (Wildman–Crippen LogP) is 1.04. The molecule has 1 aromatic carbocycles. The topological polar surface area (TPSA) is 86.5 Å². The third-order valence-corrected chi connectivity index (χ3v) is 4.27. The van der Waals surface area contributed by atoms with Gasteiger partial charge in [0.25, 0.3) is 0 Å². The van der Waals surface area contributed by atoms with Gasteiger partial charge < -0.3 is 10.5 Å². The highest BCUT2D eigenvalue weighted by Crippen LogP contribution is 2.17. The first-order valence-corrected chi connectivity index (χ1v) is 7.32. The lowest BCUT2D eigenvalue weighted by Crippen LogP contribution is -2.23. The molecule has 18 heavy (non-hydrogen) atoms. The van der Waals surface area contributed by atoms with Crippen molar-refractivity contribution in [3.05, 3.63) is 29.8 Å². The van der Waals surface area contributed by atoms with Crippen molar-refractivity contribution in [3.63, 3.8) is 0 Å². The fraction of sp³-hybridized carbons (Fsp3) is 0.417. The van der Waals surface area contributed by atoms with Gasteiger partial charge in [0.2, 0.25) is 0 Å². The zero-order valence-electron chi connectivity index (χ0n) is 10.4. The van der Waals surface area contributed by atoms with Crippen LogP contribution < -0.4 is 5.73 Å². The van der Waals surface area contributed by atoms with Crippen LogP contribution in [0.25, 0.3) is 0 Å². The largest absolute Gasteiger partial charge is 0.465 e. The number of rotatable bonds is 5. The number of ether oxygens (including phenoxy) is 1. The molecule has 0 amide bonds. The van der Waals surface area contributed by atoms with Crippen molar-refractivity contribution >= 4 is 15.8 Å². The summed E-state index contributed by atoms with van der Waals surface area (Å²) in [5, 5.41) is 0. The molecule has 1 atom stereocenters. The highest BCUT2D eigenvalue weighted by molar-refractivity contribution is 7.91. The van der Waals surface area contributed by atoms with E-state index in [0.29, 0.717) is 5.56 Å². The maximum absolute atomic E-state index is 11.6. The molecule has 0 spiro atoms. The van der Waals surface area contributed by atoms with E-state index >= 15 is 0 Å². The van der Waals surface area contributed by atoms with Gasteiger partial charge in [0.05, 0.1) is 17.3 Å². The Bertz CT molecular complexity index is 507. The third-order valence-electron chi connectivity index (χ3n) is 2.52. The smallest absolute Gasteiger partial charge is 0.327 e. The molecule has 0 fully saturated rings. The number of nitrogens with two attached hydrogens (primary N) is 1. The van der Waals surface area contributed by atoms with Gasteiger partial charge in [-0.2, -0.15) is 0 Å². The fourth-order valence-electron chi connectivity index (χ4n) is 1.42. The molecule has 100 valence electrons.